The summed E-state index contributed by atoms with van der Waals surface area (Å²) in [7, 11) is 0.631. The summed E-state index contributed by atoms with van der Waals surface area (Å²) < 4.78 is 14.7. The molecule has 4 rings (SSSR count). The Bertz CT molecular complexity index is 1260. The average molecular weight is 419 g/mol. The molecule has 1 heterocycles. The number of para-hydroxylation sites is 1. The minimum atomic E-state index is -1.17. The monoisotopic (exact) mass is 418 g/mol. The maximum atomic E-state index is 13.1. The number of aromatic nitrogens is 1. The van der Waals surface area contributed by atoms with E-state index in [1.165, 1.54) is 21.8 Å². The molecule has 3 aromatic carbocycles. The summed E-state index contributed by atoms with van der Waals surface area (Å²) in [5, 5.41) is 2.44. The van der Waals surface area contributed by atoms with Crippen LogP contribution < -0.4 is 0 Å². The fraction of sp³-hybridized carbons (Fsp3) is 0.240. The van der Waals surface area contributed by atoms with Crippen LogP contribution in [-0.4, -0.2) is 32.4 Å². The van der Waals surface area contributed by atoms with E-state index in [0.717, 1.165) is 12.1 Å². The van der Waals surface area contributed by atoms with Crippen molar-refractivity contribution in [2.45, 2.75) is 31.8 Å². The zero-order valence-electron chi connectivity index (χ0n) is 17.6. The number of carbonyl (C=O) groups is 1. The number of rotatable bonds is 6. The predicted molar refractivity (Wildman–Crippen MR) is 124 cm³/mol. The van der Waals surface area contributed by atoms with E-state index in [0.29, 0.717) is 22.8 Å². The second-order valence-corrected chi connectivity index (χ2v) is 9.11. The van der Waals surface area contributed by atoms with Gasteiger partial charge in [0, 0.05) is 47.7 Å². The van der Waals surface area contributed by atoms with Crippen molar-refractivity contribution in [1.29, 1.82) is 0 Å². The maximum Gasteiger partial charge on any atom is 0.255 e. The van der Waals surface area contributed by atoms with Crippen molar-refractivity contribution in [3.8, 4) is 0 Å². The Kier molecular flexibility index (Phi) is 5.73. The molecule has 154 valence electrons. The predicted octanol–water partition coefficient (Wildman–Crippen LogP) is 5.21. The van der Waals surface area contributed by atoms with E-state index in [1.807, 2.05) is 19.1 Å². The average Bonchev–Trinajstić information content (AvgIpc) is 3.11. The molecule has 1 atom stereocenters. The summed E-state index contributed by atoms with van der Waals surface area (Å²) in [6, 6.07) is 22.1. The third-order valence-electron chi connectivity index (χ3n) is 5.54. The Morgan fingerprint density at radius 1 is 0.933 bits per heavy atom. The molecule has 30 heavy (non-hydrogen) atoms. The summed E-state index contributed by atoms with van der Waals surface area (Å²) in [4.78, 5) is 15.4. The highest BCUT2D eigenvalue weighted by Crippen LogP contribution is 2.30. The van der Waals surface area contributed by atoms with Gasteiger partial charge in [-0.25, -0.2) is 0 Å². The van der Waals surface area contributed by atoms with Gasteiger partial charge in [-0.3, -0.25) is 9.00 Å². The number of fused-ring (bicyclic) bond motifs is 3. The third kappa shape index (κ3) is 3.54. The van der Waals surface area contributed by atoms with Crippen LogP contribution >= 0.6 is 0 Å². The number of hydrogen-bond donors (Lipinski definition) is 0. The number of carbonyl (C=O) groups excluding carboxylic acids is 1. The first-order chi connectivity index (χ1) is 14.5. The normalized spacial score (nSPS) is 12.4. The zero-order chi connectivity index (χ0) is 21.3. The lowest BCUT2D eigenvalue weighted by Gasteiger charge is -2.19. The second-order valence-electron chi connectivity index (χ2n) is 7.40. The lowest BCUT2D eigenvalue weighted by atomic mass is 10.1. The Morgan fingerprint density at radius 3 is 2.40 bits per heavy atom. The highest BCUT2D eigenvalue weighted by atomic mass is 32.2. The minimum Gasteiger partial charge on any atom is -0.341 e. The van der Waals surface area contributed by atoms with Gasteiger partial charge in [-0.05, 0) is 42.8 Å². The molecule has 0 bridgehead atoms. The fourth-order valence-electron chi connectivity index (χ4n) is 4.09. The van der Waals surface area contributed by atoms with Gasteiger partial charge in [-0.2, -0.15) is 0 Å². The van der Waals surface area contributed by atoms with Crippen molar-refractivity contribution in [3.63, 3.8) is 0 Å². The van der Waals surface area contributed by atoms with E-state index in [-0.39, 0.29) is 5.91 Å². The zero-order valence-corrected chi connectivity index (χ0v) is 18.4. The Labute approximate surface area is 179 Å². The summed E-state index contributed by atoms with van der Waals surface area (Å²) in [6.07, 6.45) is 0. The maximum absolute atomic E-state index is 13.1. The number of nitrogens with zero attached hydrogens (tertiary/aromatic N) is 2. The topological polar surface area (TPSA) is 42.3 Å². The van der Waals surface area contributed by atoms with Gasteiger partial charge in [-0.1, -0.05) is 43.3 Å². The summed E-state index contributed by atoms with van der Waals surface area (Å²) >= 11 is 0. The molecular formula is C25H26N2O2S. The Morgan fingerprint density at radius 2 is 1.63 bits per heavy atom. The molecule has 0 saturated heterocycles. The molecule has 0 aliphatic heterocycles. The molecule has 0 spiro atoms. The fourth-order valence-corrected chi connectivity index (χ4v) is 5.03. The van der Waals surface area contributed by atoms with Gasteiger partial charge < -0.3 is 9.47 Å². The quantitative estimate of drug-likeness (QED) is 0.431. The Hall–Kier alpha value is -2.92. The van der Waals surface area contributed by atoms with E-state index in [1.54, 1.807) is 24.1 Å². The van der Waals surface area contributed by atoms with E-state index in [9.17, 15) is 9.00 Å². The molecule has 0 aliphatic rings. The molecular weight excluding hydrogens is 392 g/mol. The highest BCUT2D eigenvalue weighted by molar-refractivity contribution is 7.85. The first-order valence-electron chi connectivity index (χ1n) is 10.3. The van der Waals surface area contributed by atoms with Gasteiger partial charge in [0.1, 0.15) is 0 Å². The van der Waals surface area contributed by atoms with Crippen molar-refractivity contribution in [1.82, 2.24) is 9.47 Å². The van der Waals surface area contributed by atoms with Crippen LogP contribution in [-0.2, 0) is 23.9 Å². The van der Waals surface area contributed by atoms with Gasteiger partial charge in [0.15, 0.2) is 0 Å². The highest BCUT2D eigenvalue weighted by Gasteiger charge is 2.19. The molecule has 1 amide bonds. The smallest absolute Gasteiger partial charge is 0.255 e. The summed E-state index contributed by atoms with van der Waals surface area (Å²) in [6.45, 7) is 5.42. The number of amides is 1. The lowest BCUT2D eigenvalue weighted by molar-refractivity contribution is 0.0781. The van der Waals surface area contributed by atoms with Gasteiger partial charge >= 0.3 is 0 Å². The summed E-state index contributed by atoms with van der Waals surface area (Å²) in [5.41, 5.74) is 4.03. The molecule has 4 aromatic rings. The van der Waals surface area contributed by atoms with Crippen molar-refractivity contribution in [2.24, 2.45) is 0 Å². The van der Waals surface area contributed by atoms with E-state index < -0.39 is 10.8 Å². The van der Waals surface area contributed by atoms with E-state index in [4.69, 9.17) is 0 Å². The van der Waals surface area contributed by atoms with E-state index >= 15 is 0 Å². The van der Waals surface area contributed by atoms with Gasteiger partial charge in [-0.15, -0.1) is 0 Å². The van der Waals surface area contributed by atoms with Crippen LogP contribution in [0.3, 0.4) is 0 Å². The lowest BCUT2D eigenvalue weighted by Crippen LogP contribution is -2.27. The molecule has 0 aliphatic carbocycles. The first-order valence-corrected chi connectivity index (χ1v) is 11.6. The molecule has 5 heteroatoms. The van der Waals surface area contributed by atoms with Gasteiger partial charge in [0.25, 0.3) is 5.91 Å². The van der Waals surface area contributed by atoms with Crippen LogP contribution in [0.2, 0.25) is 0 Å². The largest absolute Gasteiger partial charge is 0.341 e. The summed E-state index contributed by atoms with van der Waals surface area (Å²) in [5.74, 6) is 0.384. The SMILES string of the molecule is CCn1c2ccccc2c2cc(CN(C)C(=O)c3ccccc3[S@@](=O)CC)ccc21. The first kappa shape index (κ1) is 20.4. The molecule has 0 N–H and O–H groups in total. The van der Waals surface area contributed by atoms with Gasteiger partial charge in [0.05, 0.1) is 21.3 Å². The van der Waals surface area contributed by atoms with Crippen molar-refractivity contribution in [2.75, 3.05) is 12.8 Å². The van der Waals surface area contributed by atoms with Crippen molar-refractivity contribution < 1.29 is 9.00 Å². The standard InChI is InChI=1S/C25H26N2O2S/c1-4-27-22-12-8-6-10-19(22)21-16-18(14-15-23(21)27)17-26(3)25(28)20-11-7-9-13-24(20)30(29)5-2/h6-16H,4-5,17H2,1-3H3/t30-/m0/s1. The van der Waals surface area contributed by atoms with Crippen LogP contribution in [0.4, 0.5) is 0 Å². The minimum absolute atomic E-state index is 0.108. The molecule has 4 nitrogen and oxygen atoms in total. The van der Waals surface area contributed by atoms with E-state index in [2.05, 4.69) is 54.0 Å². The van der Waals surface area contributed by atoms with Crippen LogP contribution in [0.1, 0.15) is 29.8 Å². The number of benzene rings is 3. The van der Waals surface area contributed by atoms with Crippen LogP contribution in [0.15, 0.2) is 71.6 Å². The molecule has 0 radical (unpaired) electrons. The van der Waals surface area contributed by atoms with Crippen molar-refractivity contribution in [3.05, 3.63) is 77.9 Å². The molecule has 0 unspecified atom stereocenters. The Balaban J connectivity index is 1.67. The molecule has 0 fully saturated rings. The van der Waals surface area contributed by atoms with Crippen LogP contribution in [0.25, 0.3) is 21.8 Å². The third-order valence-corrected chi connectivity index (χ3v) is 6.92. The second kappa shape index (κ2) is 8.44. The van der Waals surface area contributed by atoms with Crippen molar-refractivity contribution >= 4 is 38.5 Å². The number of hydrogen-bond acceptors (Lipinski definition) is 2. The molecule has 0 saturated carbocycles. The van der Waals surface area contributed by atoms with Crippen LogP contribution in [0.5, 0.6) is 0 Å². The van der Waals surface area contributed by atoms with Crippen LogP contribution in [0, 0.1) is 0 Å². The number of aryl methyl sites for hydroxylation is 1. The molecule has 1 aromatic heterocycles. The van der Waals surface area contributed by atoms with Gasteiger partial charge in [0.2, 0.25) is 0 Å².